The first-order valence-corrected chi connectivity index (χ1v) is 5.78. The molecule has 92 valence electrons. The Morgan fingerprint density at radius 3 is 2.56 bits per heavy atom. The van der Waals surface area contributed by atoms with Crippen molar-refractivity contribution in [3.63, 3.8) is 0 Å². The van der Waals surface area contributed by atoms with Gasteiger partial charge in [0.1, 0.15) is 6.04 Å². The van der Waals surface area contributed by atoms with Crippen LogP contribution in [-0.4, -0.2) is 23.9 Å². The zero-order chi connectivity index (χ0) is 12.3. The normalized spacial score (nSPS) is 31.8. The average Bonchev–Trinajstić information content (AvgIpc) is 2.21. The maximum atomic E-state index is 11.9. The number of nitrogens with two attached hydrogens (primary N) is 2. The van der Waals surface area contributed by atoms with Crippen LogP contribution in [0.4, 0.5) is 0 Å². The molecule has 0 radical (unpaired) electrons. The number of hydrogen-bond donors (Lipinski definition) is 3. The van der Waals surface area contributed by atoms with Gasteiger partial charge in [-0.1, -0.05) is 13.3 Å². The van der Waals surface area contributed by atoms with Crippen molar-refractivity contribution in [2.24, 2.45) is 23.3 Å². The average molecular weight is 227 g/mol. The number of carbonyl (C=O) groups is 2. The molecule has 0 aromatic rings. The first-order chi connectivity index (χ1) is 7.43. The highest BCUT2D eigenvalue weighted by Gasteiger charge is 2.33. The van der Waals surface area contributed by atoms with Crippen LogP contribution in [0.15, 0.2) is 0 Å². The largest absolute Gasteiger partial charge is 0.368 e. The van der Waals surface area contributed by atoms with Gasteiger partial charge in [-0.05, 0) is 25.7 Å². The minimum Gasteiger partial charge on any atom is -0.368 e. The van der Waals surface area contributed by atoms with Crippen LogP contribution in [0.2, 0.25) is 0 Å². The molecule has 0 aromatic carbocycles. The standard InChI is InChI=1S/C11H21N3O2/c1-6-4-3-5-8(9(6)12)11(16)14-7(2)10(13)15/h6-9H,3-5,12H2,1-2H3,(H2,13,15)(H,14,16). The molecule has 1 rings (SSSR count). The third kappa shape index (κ3) is 2.95. The molecule has 1 aliphatic rings. The Labute approximate surface area is 95.9 Å². The lowest BCUT2D eigenvalue weighted by atomic mass is 9.78. The molecular weight excluding hydrogens is 206 g/mol. The van der Waals surface area contributed by atoms with E-state index in [0.717, 1.165) is 19.3 Å². The minimum absolute atomic E-state index is 0.117. The molecule has 5 N–H and O–H groups in total. The third-order valence-corrected chi connectivity index (χ3v) is 3.42. The lowest BCUT2D eigenvalue weighted by molar-refractivity contribution is -0.131. The molecule has 0 saturated heterocycles. The van der Waals surface area contributed by atoms with Gasteiger partial charge in [0.05, 0.1) is 5.92 Å². The monoisotopic (exact) mass is 227 g/mol. The Bertz CT molecular complexity index is 280. The van der Waals surface area contributed by atoms with E-state index in [1.165, 1.54) is 0 Å². The summed E-state index contributed by atoms with van der Waals surface area (Å²) in [7, 11) is 0. The predicted molar refractivity (Wildman–Crippen MR) is 61.3 cm³/mol. The van der Waals surface area contributed by atoms with E-state index in [4.69, 9.17) is 11.5 Å². The van der Waals surface area contributed by atoms with Crippen LogP contribution in [0, 0.1) is 11.8 Å². The van der Waals surface area contributed by atoms with Crippen molar-refractivity contribution in [3.05, 3.63) is 0 Å². The van der Waals surface area contributed by atoms with Crippen molar-refractivity contribution in [2.45, 2.75) is 45.2 Å². The van der Waals surface area contributed by atoms with Crippen molar-refractivity contribution in [1.82, 2.24) is 5.32 Å². The van der Waals surface area contributed by atoms with Crippen LogP contribution in [0.5, 0.6) is 0 Å². The fourth-order valence-electron chi connectivity index (χ4n) is 2.14. The number of primary amides is 1. The zero-order valence-corrected chi connectivity index (χ0v) is 9.90. The SMILES string of the molecule is CC(NC(=O)C1CCCC(C)C1N)C(N)=O. The smallest absolute Gasteiger partial charge is 0.239 e. The van der Waals surface area contributed by atoms with Gasteiger partial charge in [-0.25, -0.2) is 0 Å². The second-order valence-electron chi connectivity index (χ2n) is 4.72. The quantitative estimate of drug-likeness (QED) is 0.619. The highest BCUT2D eigenvalue weighted by molar-refractivity contribution is 5.87. The molecule has 4 unspecified atom stereocenters. The van der Waals surface area contributed by atoms with E-state index in [2.05, 4.69) is 12.2 Å². The first kappa shape index (κ1) is 13.0. The Balaban J connectivity index is 2.56. The van der Waals surface area contributed by atoms with Crippen LogP contribution >= 0.6 is 0 Å². The zero-order valence-electron chi connectivity index (χ0n) is 9.90. The number of hydrogen-bond acceptors (Lipinski definition) is 3. The topological polar surface area (TPSA) is 98.2 Å². The molecule has 1 aliphatic carbocycles. The predicted octanol–water partition coefficient (Wildman–Crippen LogP) is -0.260. The third-order valence-electron chi connectivity index (χ3n) is 3.42. The lowest BCUT2D eigenvalue weighted by Crippen LogP contribution is -2.51. The van der Waals surface area contributed by atoms with E-state index in [0.29, 0.717) is 5.92 Å². The van der Waals surface area contributed by atoms with E-state index in [1.54, 1.807) is 6.92 Å². The summed E-state index contributed by atoms with van der Waals surface area (Å²) in [6.45, 7) is 3.64. The van der Waals surface area contributed by atoms with E-state index in [1.807, 2.05) is 0 Å². The number of amides is 2. The lowest BCUT2D eigenvalue weighted by Gasteiger charge is -2.33. The molecule has 0 spiro atoms. The summed E-state index contributed by atoms with van der Waals surface area (Å²) in [6.07, 6.45) is 2.87. The summed E-state index contributed by atoms with van der Waals surface area (Å²) in [5.74, 6) is -0.505. The van der Waals surface area contributed by atoms with Gasteiger partial charge >= 0.3 is 0 Å². The number of rotatable bonds is 3. The summed E-state index contributed by atoms with van der Waals surface area (Å²) in [4.78, 5) is 22.7. The van der Waals surface area contributed by atoms with Gasteiger partial charge in [-0.15, -0.1) is 0 Å². The molecule has 1 fully saturated rings. The van der Waals surface area contributed by atoms with Crippen LogP contribution in [0.3, 0.4) is 0 Å². The van der Waals surface area contributed by atoms with E-state index >= 15 is 0 Å². The number of carbonyl (C=O) groups excluding carboxylic acids is 2. The molecule has 5 nitrogen and oxygen atoms in total. The molecule has 16 heavy (non-hydrogen) atoms. The summed E-state index contributed by atoms with van der Waals surface area (Å²) in [6, 6.07) is -0.745. The van der Waals surface area contributed by atoms with E-state index < -0.39 is 11.9 Å². The van der Waals surface area contributed by atoms with Gasteiger partial charge in [0, 0.05) is 6.04 Å². The van der Waals surface area contributed by atoms with Gasteiger partial charge < -0.3 is 16.8 Å². The van der Waals surface area contributed by atoms with Gasteiger partial charge in [-0.3, -0.25) is 9.59 Å². The second kappa shape index (κ2) is 5.30. The minimum atomic E-state index is -0.628. The van der Waals surface area contributed by atoms with E-state index in [-0.39, 0.29) is 17.9 Å². The molecule has 0 aromatic heterocycles. The molecule has 0 aliphatic heterocycles. The van der Waals surface area contributed by atoms with Gasteiger partial charge in [0.2, 0.25) is 11.8 Å². The summed E-state index contributed by atoms with van der Waals surface area (Å²) in [5.41, 5.74) is 11.1. The van der Waals surface area contributed by atoms with Crippen molar-refractivity contribution >= 4 is 11.8 Å². The van der Waals surface area contributed by atoms with Crippen LogP contribution in [0.1, 0.15) is 33.1 Å². The molecule has 1 saturated carbocycles. The molecule has 2 amide bonds. The van der Waals surface area contributed by atoms with Gasteiger partial charge in [-0.2, -0.15) is 0 Å². The van der Waals surface area contributed by atoms with Crippen molar-refractivity contribution in [3.8, 4) is 0 Å². The van der Waals surface area contributed by atoms with Crippen LogP contribution in [0.25, 0.3) is 0 Å². The summed E-state index contributed by atoms with van der Waals surface area (Å²) in [5, 5.41) is 2.61. The molecule has 0 bridgehead atoms. The Kier molecular flexibility index (Phi) is 4.29. The second-order valence-corrected chi connectivity index (χ2v) is 4.72. The van der Waals surface area contributed by atoms with Crippen molar-refractivity contribution in [2.75, 3.05) is 0 Å². The van der Waals surface area contributed by atoms with Crippen molar-refractivity contribution in [1.29, 1.82) is 0 Å². The maximum absolute atomic E-state index is 11.9. The number of nitrogens with one attached hydrogen (secondary N) is 1. The molecule has 0 heterocycles. The molecule has 5 heteroatoms. The Morgan fingerprint density at radius 2 is 2.00 bits per heavy atom. The fourth-order valence-corrected chi connectivity index (χ4v) is 2.14. The Hall–Kier alpha value is -1.10. The van der Waals surface area contributed by atoms with Gasteiger partial charge in [0.15, 0.2) is 0 Å². The summed E-state index contributed by atoms with van der Waals surface area (Å²) < 4.78 is 0. The highest BCUT2D eigenvalue weighted by Crippen LogP contribution is 2.27. The molecule has 4 atom stereocenters. The Morgan fingerprint density at radius 1 is 1.38 bits per heavy atom. The fraction of sp³-hybridized carbons (Fsp3) is 0.818. The van der Waals surface area contributed by atoms with Crippen molar-refractivity contribution < 1.29 is 9.59 Å². The summed E-state index contributed by atoms with van der Waals surface area (Å²) >= 11 is 0. The molecular formula is C11H21N3O2. The van der Waals surface area contributed by atoms with Crippen LogP contribution in [-0.2, 0) is 9.59 Å². The maximum Gasteiger partial charge on any atom is 0.239 e. The first-order valence-electron chi connectivity index (χ1n) is 5.78. The van der Waals surface area contributed by atoms with Crippen LogP contribution < -0.4 is 16.8 Å². The highest BCUT2D eigenvalue weighted by atomic mass is 16.2. The van der Waals surface area contributed by atoms with E-state index in [9.17, 15) is 9.59 Å². The van der Waals surface area contributed by atoms with Gasteiger partial charge in [0.25, 0.3) is 0 Å².